The van der Waals surface area contributed by atoms with Gasteiger partial charge in [0.25, 0.3) is 0 Å². The highest BCUT2D eigenvalue weighted by Crippen LogP contribution is 2.34. The number of ether oxygens (including phenoxy) is 9. The molecule has 26 nitrogen and oxygen atoms in total. The smallest absolute Gasteiger partial charge is 0.246 e. The van der Waals surface area contributed by atoms with Crippen molar-refractivity contribution < 1.29 is 76.2 Å². The first-order chi connectivity index (χ1) is 44.0. The van der Waals surface area contributed by atoms with Crippen LogP contribution in [0.4, 0.5) is 0 Å². The molecule has 2 aliphatic carbocycles. The van der Waals surface area contributed by atoms with Gasteiger partial charge >= 0.3 is 0 Å². The molecule has 26 heteroatoms. The number of hydrogen-bond acceptors (Lipinski definition) is 22. The van der Waals surface area contributed by atoms with Gasteiger partial charge in [-0.25, -0.2) is 0 Å². The second kappa shape index (κ2) is 47.1. The highest BCUT2D eigenvalue weighted by atomic mass is 16.6. The number of carbonyl (C=O) groups excluding carboxylic acids is 7. The van der Waals surface area contributed by atoms with E-state index in [2.05, 4.69) is 62.0 Å². The lowest BCUT2D eigenvalue weighted by Gasteiger charge is -2.26. The van der Waals surface area contributed by atoms with E-state index < -0.39 is 29.8 Å². The number of hydrogen-bond donors (Lipinski definition) is 8. The Bertz CT molecular complexity index is 2200. The van der Waals surface area contributed by atoms with Crippen molar-refractivity contribution in [1.82, 2.24) is 53.2 Å². The van der Waals surface area contributed by atoms with Gasteiger partial charge in [-0.05, 0) is 90.9 Å². The van der Waals surface area contributed by atoms with Crippen LogP contribution in [0.1, 0.15) is 171 Å². The van der Waals surface area contributed by atoms with E-state index in [1.807, 2.05) is 18.9 Å². The van der Waals surface area contributed by atoms with E-state index in [0.717, 1.165) is 62.8 Å². The van der Waals surface area contributed by atoms with Crippen LogP contribution < -0.4 is 43.2 Å². The lowest BCUT2D eigenvalue weighted by Crippen LogP contribution is -2.53. The maximum atomic E-state index is 13.9. The van der Waals surface area contributed by atoms with E-state index in [0.29, 0.717) is 143 Å². The zero-order valence-electron chi connectivity index (χ0n) is 56.4. The molecule has 91 heavy (non-hydrogen) atoms. The summed E-state index contributed by atoms with van der Waals surface area (Å²) in [6.07, 6.45) is 12.9. The molecule has 5 atom stereocenters. The first-order valence-corrected chi connectivity index (χ1v) is 33.9. The largest absolute Gasteiger partial charge is 0.379 e. The summed E-state index contributed by atoms with van der Waals surface area (Å²) in [6.45, 7) is 22.1. The Labute approximate surface area is 542 Å². The Hall–Kier alpha value is -4.87. The summed E-state index contributed by atoms with van der Waals surface area (Å²) in [5.41, 5.74) is 17.9. The van der Waals surface area contributed by atoms with Gasteiger partial charge in [0.1, 0.15) is 30.3 Å². The second-order valence-corrected chi connectivity index (χ2v) is 24.8. The van der Waals surface area contributed by atoms with Crippen LogP contribution in [0.5, 0.6) is 0 Å². The van der Waals surface area contributed by atoms with Gasteiger partial charge in [0, 0.05) is 62.6 Å². The van der Waals surface area contributed by atoms with Gasteiger partial charge in [0.05, 0.1) is 141 Å². The van der Waals surface area contributed by atoms with Crippen LogP contribution >= 0.6 is 0 Å². The summed E-state index contributed by atoms with van der Waals surface area (Å²) in [5, 5.41) is 15.9. The molecule has 8 N–H and O–H groups in total. The van der Waals surface area contributed by atoms with Crippen molar-refractivity contribution in [3.8, 4) is 0 Å². The molecule has 4 aliphatic rings. The highest BCUT2D eigenvalue weighted by Gasteiger charge is 2.34. The highest BCUT2D eigenvalue weighted by molar-refractivity contribution is 5.95. The monoisotopic (exact) mass is 1290 g/mol. The Balaban J connectivity index is 1.10. The zero-order chi connectivity index (χ0) is 66.0. The minimum atomic E-state index is -0.972. The molecule has 0 saturated carbocycles. The van der Waals surface area contributed by atoms with E-state index in [4.69, 9.17) is 42.6 Å². The molecule has 0 fully saturated rings. The fourth-order valence-electron chi connectivity index (χ4n) is 11.1. The molecule has 0 bridgehead atoms. The van der Waals surface area contributed by atoms with Crippen molar-refractivity contribution in [3.63, 3.8) is 0 Å². The lowest BCUT2D eigenvalue weighted by atomic mass is 9.88. The maximum absolute atomic E-state index is 13.9. The molecule has 0 aromatic rings. The van der Waals surface area contributed by atoms with Gasteiger partial charge in [-0.1, -0.05) is 60.3 Å². The third-order valence-electron chi connectivity index (χ3n) is 16.2. The summed E-state index contributed by atoms with van der Waals surface area (Å²) in [7, 11) is 0. The van der Waals surface area contributed by atoms with Crippen LogP contribution in [0.15, 0.2) is 22.8 Å². The number of Topliss-reactive ketones (excluding diaryl/α,β-unsaturated/α-hetero) is 3. The van der Waals surface area contributed by atoms with Crippen LogP contribution in [0, 0.1) is 23.7 Å². The molecular formula is C65H116N10O16. The first kappa shape index (κ1) is 78.6. The summed E-state index contributed by atoms with van der Waals surface area (Å²) in [5.74, 6) is -2.00. The standard InChI is InChI=1S/C65H116N10O16/c1-47(2)61(56(77)45-50(7)64(81)48(3)4)69-65(82)53(68-59(79)25-30-84-34-38-88-41-43-89-39-35-85-31-27-67-58(78)23-22-52-17-11-9-13-20-55-62(52)70-73-75(55)49(5)6)18-15-16-26-66-60(80)46-91-57-21-14-10-12-19-54-63(57)71-72-74(54)28-32-86-36-40-90-44-42-87-37-33-83-29-24-51(8)76/h47-50,52-53,57,61,70-73H,9-46H2,1-8H3,(H,66,80)(H,67,78)(H,68,79)(H,69,82)/t50-,52?,53-,57?,61+/m1/s1. The summed E-state index contributed by atoms with van der Waals surface area (Å²) >= 11 is 0. The number of nitrogens with one attached hydrogen (secondary N) is 8. The fourth-order valence-corrected chi connectivity index (χ4v) is 11.1. The Morgan fingerprint density at radius 3 is 1.71 bits per heavy atom. The second-order valence-electron chi connectivity index (χ2n) is 24.8. The number of amides is 4. The van der Waals surface area contributed by atoms with Crippen LogP contribution in [0.3, 0.4) is 0 Å². The Kier molecular flexibility index (Phi) is 40.6. The maximum Gasteiger partial charge on any atom is 0.246 e. The van der Waals surface area contributed by atoms with Crippen LogP contribution in [0.2, 0.25) is 0 Å². The minimum Gasteiger partial charge on any atom is -0.379 e. The van der Waals surface area contributed by atoms with Crippen LogP contribution in [-0.2, 0) is 76.2 Å². The Morgan fingerprint density at radius 1 is 0.549 bits per heavy atom. The van der Waals surface area contributed by atoms with E-state index in [9.17, 15) is 33.6 Å². The lowest BCUT2D eigenvalue weighted by molar-refractivity contribution is -0.134. The van der Waals surface area contributed by atoms with Crippen molar-refractivity contribution >= 4 is 41.0 Å². The quantitative estimate of drug-likeness (QED) is 0.0388. The molecule has 0 radical (unpaired) electrons. The average molecular weight is 1290 g/mol. The predicted molar refractivity (Wildman–Crippen MR) is 343 cm³/mol. The number of nitrogens with zero attached hydrogens (tertiary/aromatic N) is 2. The van der Waals surface area contributed by atoms with Gasteiger partial charge in [-0.2, -0.15) is 0 Å². The van der Waals surface area contributed by atoms with Crippen molar-refractivity contribution in [2.45, 2.75) is 195 Å². The van der Waals surface area contributed by atoms with E-state index >= 15 is 0 Å². The topological polar surface area (TPSA) is 305 Å². The minimum absolute atomic E-state index is 0.0103. The molecule has 2 aliphatic heterocycles. The van der Waals surface area contributed by atoms with E-state index in [-0.39, 0.29) is 92.8 Å². The number of rotatable bonds is 51. The molecular weight excluding hydrogens is 1180 g/mol. The van der Waals surface area contributed by atoms with Crippen molar-refractivity contribution in [2.75, 3.05) is 132 Å². The predicted octanol–water partition coefficient (Wildman–Crippen LogP) is 4.53. The van der Waals surface area contributed by atoms with E-state index in [1.54, 1.807) is 20.8 Å². The number of unbranched alkanes of at least 4 members (excludes halogenated alkanes) is 1. The van der Waals surface area contributed by atoms with Gasteiger partial charge in [0.2, 0.25) is 23.6 Å². The molecule has 2 unspecified atom stereocenters. The summed E-state index contributed by atoms with van der Waals surface area (Å²) in [6, 6.07) is -1.49. The SMILES string of the molecule is CC(=O)CCOCCOCCOCCOCCN1NNC2=C1CCCCCC2OCC(=O)NCCCC[C@@H](NC(=O)CCOCCOCCOCCOCCNC(=O)CCC1CCCCCC2=C1NNN2C(C)C)C(=O)N[C@H](C(=O)C[C@@H](C)C(=O)C(C)C)C(C)C. The van der Waals surface area contributed by atoms with Crippen molar-refractivity contribution in [1.29, 1.82) is 0 Å². The molecule has 4 amide bonds. The van der Waals surface area contributed by atoms with E-state index in [1.165, 1.54) is 37.6 Å². The number of hydrazine groups is 4. The molecule has 2 heterocycles. The summed E-state index contributed by atoms with van der Waals surface area (Å²) < 4.78 is 51.1. The average Bonchev–Trinajstić information content (AvgIpc) is 2.13. The molecule has 4 rings (SSSR count). The van der Waals surface area contributed by atoms with Crippen molar-refractivity contribution in [2.24, 2.45) is 23.7 Å². The normalized spacial score (nSPS) is 18.0. The number of ketones is 3. The van der Waals surface area contributed by atoms with Crippen LogP contribution in [0.25, 0.3) is 0 Å². The number of carbonyl (C=O) groups is 7. The third-order valence-corrected chi connectivity index (χ3v) is 16.2. The summed E-state index contributed by atoms with van der Waals surface area (Å²) in [4.78, 5) is 90.2. The molecule has 522 valence electrons. The molecule has 0 saturated heterocycles. The molecule has 0 aromatic carbocycles. The Morgan fingerprint density at radius 2 is 1.11 bits per heavy atom. The zero-order valence-corrected chi connectivity index (χ0v) is 56.4. The molecule has 0 spiro atoms. The van der Waals surface area contributed by atoms with Gasteiger partial charge in [0.15, 0.2) is 5.78 Å². The number of allylic oxidation sites excluding steroid dienone is 3. The van der Waals surface area contributed by atoms with Gasteiger partial charge < -0.3 is 74.8 Å². The van der Waals surface area contributed by atoms with Gasteiger partial charge in [-0.3, -0.25) is 43.6 Å². The molecule has 0 aromatic heterocycles. The van der Waals surface area contributed by atoms with Crippen molar-refractivity contribution in [3.05, 3.63) is 22.8 Å². The van der Waals surface area contributed by atoms with Gasteiger partial charge in [-0.15, -0.1) is 11.1 Å². The first-order valence-electron chi connectivity index (χ1n) is 33.9. The van der Waals surface area contributed by atoms with Crippen LogP contribution in [-0.4, -0.2) is 207 Å². The fraction of sp³-hybridized carbons (Fsp3) is 0.831. The third kappa shape index (κ3) is 32.7.